The van der Waals surface area contributed by atoms with Gasteiger partial charge in [-0.1, -0.05) is 23.2 Å². The number of rotatable bonds is 6. The third-order valence-corrected chi connectivity index (χ3v) is 5.00. The Morgan fingerprint density at radius 1 is 1.20 bits per heavy atom. The Morgan fingerprint density at radius 2 is 1.92 bits per heavy atom. The number of esters is 1. The molecule has 0 saturated carbocycles. The molecule has 0 aliphatic carbocycles. The number of aryl methyl sites for hydroxylation is 1. The number of nitrogens with one attached hydrogen (secondary N) is 1. The predicted molar refractivity (Wildman–Crippen MR) is 100 cm³/mol. The van der Waals surface area contributed by atoms with Crippen molar-refractivity contribution in [3.05, 3.63) is 44.2 Å². The van der Waals surface area contributed by atoms with Crippen LogP contribution in [0.4, 0.5) is 5.00 Å². The number of hydrogen-bond acceptors (Lipinski definition) is 5. The number of carbonyl (C=O) groups excluding carboxylic acids is 2. The van der Waals surface area contributed by atoms with E-state index in [-0.39, 0.29) is 19.1 Å². The van der Waals surface area contributed by atoms with Crippen molar-refractivity contribution in [3.63, 3.8) is 0 Å². The number of halogens is 2. The van der Waals surface area contributed by atoms with E-state index in [2.05, 4.69) is 5.32 Å². The van der Waals surface area contributed by atoms with Gasteiger partial charge in [-0.25, -0.2) is 4.79 Å². The van der Waals surface area contributed by atoms with Crippen molar-refractivity contribution < 1.29 is 19.1 Å². The van der Waals surface area contributed by atoms with E-state index in [1.54, 1.807) is 18.2 Å². The number of ether oxygens (including phenoxy) is 2. The zero-order valence-electron chi connectivity index (χ0n) is 13.9. The summed E-state index contributed by atoms with van der Waals surface area (Å²) in [5.41, 5.74) is 1.17. The molecular weight excluding hydrogens is 385 g/mol. The Bertz CT molecular complexity index is 804. The first kappa shape index (κ1) is 19.6. The highest BCUT2D eigenvalue weighted by atomic mass is 35.5. The van der Waals surface area contributed by atoms with Crippen LogP contribution < -0.4 is 10.1 Å². The van der Waals surface area contributed by atoms with Crippen molar-refractivity contribution in [1.82, 2.24) is 0 Å². The normalized spacial score (nSPS) is 10.4. The van der Waals surface area contributed by atoms with Crippen molar-refractivity contribution in [1.29, 1.82) is 0 Å². The molecule has 1 heterocycles. The standard InChI is InChI=1S/C17H17Cl2NO4S/c1-9-10(2)25-16(20-11(3)21)15(9)17(22)24-7-6-23-14-5-4-12(18)8-13(14)19/h4-5,8H,6-7H2,1-3H3,(H,20,21). The number of amides is 1. The molecule has 0 radical (unpaired) electrons. The first-order valence-electron chi connectivity index (χ1n) is 7.42. The van der Waals surface area contributed by atoms with E-state index in [1.165, 1.54) is 18.3 Å². The Morgan fingerprint density at radius 3 is 2.56 bits per heavy atom. The highest BCUT2D eigenvalue weighted by Gasteiger charge is 2.21. The molecule has 2 aromatic rings. The van der Waals surface area contributed by atoms with Crippen molar-refractivity contribution >= 4 is 51.4 Å². The Hall–Kier alpha value is -1.76. The van der Waals surface area contributed by atoms with E-state index in [1.807, 2.05) is 13.8 Å². The second kappa shape index (κ2) is 8.56. The van der Waals surface area contributed by atoms with Crippen LogP contribution in [0.5, 0.6) is 5.75 Å². The molecule has 134 valence electrons. The molecule has 1 aromatic heterocycles. The van der Waals surface area contributed by atoms with Crippen LogP contribution in [0.15, 0.2) is 18.2 Å². The van der Waals surface area contributed by atoms with Crippen LogP contribution in [-0.4, -0.2) is 25.1 Å². The maximum atomic E-state index is 12.3. The predicted octanol–water partition coefficient (Wildman–Crippen LogP) is 4.87. The maximum Gasteiger partial charge on any atom is 0.341 e. The average Bonchev–Trinajstić information content (AvgIpc) is 2.79. The number of hydrogen-bond donors (Lipinski definition) is 1. The van der Waals surface area contributed by atoms with E-state index >= 15 is 0 Å². The summed E-state index contributed by atoms with van der Waals surface area (Å²) in [5, 5.41) is 4.05. The molecule has 0 saturated heterocycles. The highest BCUT2D eigenvalue weighted by molar-refractivity contribution is 7.16. The van der Waals surface area contributed by atoms with Crippen LogP contribution >= 0.6 is 34.5 Å². The largest absolute Gasteiger partial charge is 0.488 e. The molecule has 8 heteroatoms. The van der Waals surface area contributed by atoms with Crippen LogP contribution in [0.25, 0.3) is 0 Å². The molecule has 1 N–H and O–H groups in total. The Labute approximate surface area is 159 Å². The van der Waals surface area contributed by atoms with Crippen molar-refractivity contribution in [2.45, 2.75) is 20.8 Å². The van der Waals surface area contributed by atoms with Gasteiger partial charge in [-0.3, -0.25) is 4.79 Å². The van der Waals surface area contributed by atoms with Gasteiger partial charge in [-0.05, 0) is 37.6 Å². The van der Waals surface area contributed by atoms with Gasteiger partial charge >= 0.3 is 5.97 Å². The monoisotopic (exact) mass is 401 g/mol. The minimum atomic E-state index is -0.503. The molecule has 25 heavy (non-hydrogen) atoms. The quantitative estimate of drug-likeness (QED) is 0.553. The average molecular weight is 402 g/mol. The molecule has 2 rings (SSSR count). The van der Waals surface area contributed by atoms with Gasteiger partial charge in [0.2, 0.25) is 5.91 Å². The third-order valence-electron chi connectivity index (χ3n) is 3.35. The summed E-state index contributed by atoms with van der Waals surface area (Å²) in [7, 11) is 0. The van der Waals surface area contributed by atoms with Gasteiger partial charge < -0.3 is 14.8 Å². The van der Waals surface area contributed by atoms with Crippen LogP contribution in [0.2, 0.25) is 10.0 Å². The number of carbonyl (C=O) groups is 2. The lowest BCUT2D eigenvalue weighted by Crippen LogP contribution is -2.15. The molecular formula is C17H17Cl2NO4S. The molecule has 0 aliphatic rings. The summed E-state index contributed by atoms with van der Waals surface area (Å²) in [6.07, 6.45) is 0. The van der Waals surface area contributed by atoms with Crippen LogP contribution in [-0.2, 0) is 9.53 Å². The summed E-state index contributed by atoms with van der Waals surface area (Å²) in [6.45, 7) is 5.28. The fourth-order valence-corrected chi connectivity index (χ4v) is 3.63. The minimum Gasteiger partial charge on any atom is -0.488 e. The highest BCUT2D eigenvalue weighted by Crippen LogP contribution is 2.33. The number of thiophene rings is 1. The second-order valence-electron chi connectivity index (χ2n) is 5.23. The smallest absolute Gasteiger partial charge is 0.341 e. The van der Waals surface area contributed by atoms with Gasteiger partial charge in [-0.15, -0.1) is 11.3 Å². The Balaban J connectivity index is 1.95. The van der Waals surface area contributed by atoms with Crippen molar-refractivity contribution in [2.75, 3.05) is 18.5 Å². The van der Waals surface area contributed by atoms with E-state index < -0.39 is 5.97 Å². The van der Waals surface area contributed by atoms with E-state index in [0.717, 1.165) is 10.4 Å². The van der Waals surface area contributed by atoms with Crippen LogP contribution in [0.1, 0.15) is 27.7 Å². The zero-order valence-corrected chi connectivity index (χ0v) is 16.3. The first-order valence-corrected chi connectivity index (χ1v) is 8.99. The van der Waals surface area contributed by atoms with E-state index in [9.17, 15) is 9.59 Å². The maximum absolute atomic E-state index is 12.3. The summed E-state index contributed by atoms with van der Waals surface area (Å²) in [6, 6.07) is 4.88. The van der Waals surface area contributed by atoms with Gasteiger partial charge in [-0.2, -0.15) is 0 Å². The SMILES string of the molecule is CC(=O)Nc1sc(C)c(C)c1C(=O)OCCOc1ccc(Cl)cc1Cl. The lowest BCUT2D eigenvalue weighted by molar-refractivity contribution is -0.114. The minimum absolute atomic E-state index is 0.0473. The summed E-state index contributed by atoms with van der Waals surface area (Å²) in [5.74, 6) is -0.281. The van der Waals surface area contributed by atoms with E-state index in [4.69, 9.17) is 32.7 Å². The molecule has 0 fully saturated rings. The second-order valence-corrected chi connectivity index (χ2v) is 7.30. The summed E-state index contributed by atoms with van der Waals surface area (Å²) in [4.78, 5) is 24.6. The number of anilines is 1. The summed E-state index contributed by atoms with van der Waals surface area (Å²) >= 11 is 13.2. The molecule has 0 unspecified atom stereocenters. The number of benzene rings is 1. The molecule has 0 aliphatic heterocycles. The Kier molecular flexibility index (Phi) is 6.70. The lowest BCUT2D eigenvalue weighted by atomic mass is 10.1. The van der Waals surface area contributed by atoms with Gasteiger partial charge in [0.25, 0.3) is 0 Å². The third kappa shape index (κ3) is 5.11. The molecule has 0 atom stereocenters. The van der Waals surface area contributed by atoms with Crippen LogP contribution in [0, 0.1) is 13.8 Å². The topological polar surface area (TPSA) is 64.6 Å². The molecule has 0 bridgehead atoms. The summed E-state index contributed by atoms with van der Waals surface area (Å²) < 4.78 is 10.7. The van der Waals surface area contributed by atoms with E-state index in [0.29, 0.717) is 26.4 Å². The van der Waals surface area contributed by atoms with Crippen molar-refractivity contribution in [2.24, 2.45) is 0 Å². The fraction of sp³-hybridized carbons (Fsp3) is 0.294. The lowest BCUT2D eigenvalue weighted by Gasteiger charge is -2.10. The molecule has 0 spiro atoms. The van der Waals surface area contributed by atoms with Crippen LogP contribution in [0.3, 0.4) is 0 Å². The van der Waals surface area contributed by atoms with Gasteiger partial charge in [0.1, 0.15) is 24.0 Å². The van der Waals surface area contributed by atoms with Gasteiger partial charge in [0.15, 0.2) is 0 Å². The molecule has 5 nitrogen and oxygen atoms in total. The molecule has 1 aromatic carbocycles. The fourth-order valence-electron chi connectivity index (χ4n) is 2.07. The zero-order chi connectivity index (χ0) is 18.6. The van der Waals surface area contributed by atoms with Gasteiger partial charge in [0.05, 0.1) is 10.6 Å². The first-order chi connectivity index (χ1) is 11.8. The molecule has 1 amide bonds. The van der Waals surface area contributed by atoms with Crippen molar-refractivity contribution in [3.8, 4) is 5.75 Å². The van der Waals surface area contributed by atoms with Gasteiger partial charge in [0, 0.05) is 16.8 Å².